The lowest BCUT2D eigenvalue weighted by molar-refractivity contribution is -0.121. The highest BCUT2D eigenvalue weighted by Crippen LogP contribution is 2.45. The summed E-state index contributed by atoms with van der Waals surface area (Å²) in [5.41, 5.74) is -1.02. The summed E-state index contributed by atoms with van der Waals surface area (Å²) in [7, 11) is 0. The lowest BCUT2D eigenvalue weighted by atomic mass is 9.77. The summed E-state index contributed by atoms with van der Waals surface area (Å²) in [5.74, 6) is 0. The third-order valence-electron chi connectivity index (χ3n) is 6.43. The van der Waals surface area contributed by atoms with Gasteiger partial charge in [-0.05, 0) is 64.9 Å². The van der Waals surface area contributed by atoms with Crippen molar-refractivity contribution in [3.63, 3.8) is 0 Å². The van der Waals surface area contributed by atoms with E-state index in [0.29, 0.717) is 24.8 Å². The fourth-order valence-corrected chi connectivity index (χ4v) is 4.14. The van der Waals surface area contributed by atoms with Crippen molar-refractivity contribution in [2.45, 2.75) is 94.4 Å². The molecule has 0 aromatic heterocycles. The first-order chi connectivity index (χ1) is 11.6. The molecule has 2 heterocycles. The molecule has 2 fully saturated rings. The Hall–Kier alpha value is -0.720. The van der Waals surface area contributed by atoms with E-state index in [0.717, 1.165) is 24.8 Å². The summed E-state index contributed by atoms with van der Waals surface area (Å²) in [6.45, 7) is 9.84. The molecule has 5 heteroatoms. The average Bonchev–Trinajstić information content (AvgIpc) is 3.15. The van der Waals surface area contributed by atoms with Crippen molar-refractivity contribution in [3.05, 3.63) is 23.8 Å². The first-order valence-electron chi connectivity index (χ1n) is 9.35. The Labute approximate surface area is 150 Å². The van der Waals surface area contributed by atoms with E-state index in [1.165, 1.54) is 0 Å². The molecule has 0 aromatic rings. The van der Waals surface area contributed by atoms with Crippen molar-refractivity contribution in [2.24, 2.45) is 0 Å². The minimum absolute atomic E-state index is 0.0940. The van der Waals surface area contributed by atoms with Gasteiger partial charge in [-0.25, -0.2) is 0 Å². The number of ether oxygens (including phenoxy) is 2. The van der Waals surface area contributed by atoms with Gasteiger partial charge >= 0.3 is 0 Å². The van der Waals surface area contributed by atoms with Crippen LogP contribution in [0.2, 0.25) is 0 Å². The van der Waals surface area contributed by atoms with Gasteiger partial charge in [0, 0.05) is 0 Å². The number of rotatable bonds is 0. The smallest absolute Gasteiger partial charge is 0.125 e. The van der Waals surface area contributed by atoms with Gasteiger partial charge in [0.25, 0.3) is 0 Å². The maximum Gasteiger partial charge on any atom is 0.125 e. The van der Waals surface area contributed by atoms with Crippen molar-refractivity contribution < 1.29 is 24.8 Å². The highest BCUT2D eigenvalue weighted by atomic mass is 16.6. The van der Waals surface area contributed by atoms with E-state index >= 15 is 0 Å². The van der Waals surface area contributed by atoms with E-state index in [4.69, 9.17) is 9.47 Å². The normalized spacial score (nSPS) is 49.0. The lowest BCUT2D eigenvalue weighted by Gasteiger charge is -2.37. The zero-order valence-electron chi connectivity index (χ0n) is 15.6. The van der Waals surface area contributed by atoms with E-state index in [2.05, 4.69) is 13.5 Å². The van der Waals surface area contributed by atoms with Crippen molar-refractivity contribution in [3.8, 4) is 0 Å². The molecule has 3 rings (SSSR count). The van der Waals surface area contributed by atoms with Crippen LogP contribution in [0.25, 0.3) is 0 Å². The van der Waals surface area contributed by atoms with Crippen LogP contribution in [0.3, 0.4) is 0 Å². The van der Waals surface area contributed by atoms with E-state index in [-0.39, 0.29) is 18.3 Å². The maximum atomic E-state index is 11.2. The van der Waals surface area contributed by atoms with E-state index < -0.39 is 23.4 Å². The van der Waals surface area contributed by atoms with Crippen LogP contribution in [-0.4, -0.2) is 57.0 Å². The van der Waals surface area contributed by atoms with Crippen LogP contribution in [0.4, 0.5) is 0 Å². The SMILES string of the molecule is C=C1CC[C@]2(O)[C@H](C=C(C)CC[C@H]3O[C@@]3(C)CC[C@@H]1O)OC[C@]2(C)O. The van der Waals surface area contributed by atoms with Gasteiger partial charge in [0.2, 0.25) is 0 Å². The zero-order valence-corrected chi connectivity index (χ0v) is 15.6. The summed E-state index contributed by atoms with van der Waals surface area (Å²) in [6.07, 6.45) is 4.92. The predicted octanol–water partition coefficient (Wildman–Crippen LogP) is 2.24. The fraction of sp³-hybridized carbons (Fsp3) is 0.800. The minimum atomic E-state index is -1.38. The van der Waals surface area contributed by atoms with E-state index in [1.807, 2.05) is 13.0 Å². The number of allylic oxidation sites excluding steroid dienone is 1. The molecule has 0 unspecified atom stereocenters. The Morgan fingerprint density at radius 1 is 1.16 bits per heavy atom. The summed E-state index contributed by atoms with van der Waals surface area (Å²) >= 11 is 0. The molecule has 2 aliphatic heterocycles. The molecule has 0 aromatic carbocycles. The van der Waals surface area contributed by atoms with Crippen molar-refractivity contribution >= 4 is 0 Å². The van der Waals surface area contributed by atoms with Gasteiger partial charge in [0.1, 0.15) is 17.3 Å². The predicted molar refractivity (Wildman–Crippen MR) is 95.2 cm³/mol. The quantitative estimate of drug-likeness (QED) is 0.460. The van der Waals surface area contributed by atoms with Gasteiger partial charge in [-0.1, -0.05) is 18.2 Å². The van der Waals surface area contributed by atoms with Crippen molar-refractivity contribution in [1.29, 1.82) is 0 Å². The van der Waals surface area contributed by atoms with Crippen LogP contribution in [0.1, 0.15) is 59.3 Å². The topological polar surface area (TPSA) is 82.5 Å². The highest BCUT2D eigenvalue weighted by molar-refractivity contribution is 5.19. The molecule has 0 bridgehead atoms. The molecule has 0 saturated carbocycles. The van der Waals surface area contributed by atoms with Crippen LogP contribution in [0, 0.1) is 0 Å². The van der Waals surface area contributed by atoms with Crippen LogP contribution in [0.5, 0.6) is 0 Å². The number of aliphatic hydroxyl groups excluding tert-OH is 1. The average molecular weight is 352 g/mol. The number of fused-ring (bicyclic) bond motifs is 2. The summed E-state index contributed by atoms with van der Waals surface area (Å²) < 4.78 is 11.6. The van der Waals surface area contributed by atoms with Crippen molar-refractivity contribution in [1.82, 2.24) is 0 Å². The van der Waals surface area contributed by atoms with Gasteiger partial charge in [0.15, 0.2) is 0 Å². The van der Waals surface area contributed by atoms with Crippen molar-refractivity contribution in [2.75, 3.05) is 6.61 Å². The summed E-state index contributed by atoms with van der Waals surface area (Å²) in [4.78, 5) is 0. The van der Waals surface area contributed by atoms with Gasteiger partial charge < -0.3 is 24.8 Å². The lowest BCUT2D eigenvalue weighted by Crippen LogP contribution is -2.54. The Morgan fingerprint density at radius 2 is 1.88 bits per heavy atom. The first kappa shape index (κ1) is 19.1. The van der Waals surface area contributed by atoms with Gasteiger partial charge in [-0.2, -0.15) is 0 Å². The Morgan fingerprint density at radius 3 is 2.60 bits per heavy atom. The third-order valence-corrected chi connectivity index (χ3v) is 6.43. The molecule has 0 amide bonds. The third kappa shape index (κ3) is 3.58. The number of aliphatic hydroxyl groups is 3. The molecule has 0 radical (unpaired) electrons. The van der Waals surface area contributed by atoms with Crippen LogP contribution >= 0.6 is 0 Å². The Bertz CT molecular complexity index is 568. The molecule has 142 valence electrons. The molecule has 1 aliphatic carbocycles. The molecule has 2 saturated heterocycles. The molecular formula is C20H32O5. The highest BCUT2D eigenvalue weighted by Gasteiger charge is 2.57. The molecular weight excluding hydrogens is 320 g/mol. The van der Waals surface area contributed by atoms with Gasteiger partial charge in [-0.3, -0.25) is 0 Å². The van der Waals surface area contributed by atoms with Crippen LogP contribution < -0.4 is 0 Å². The molecule has 5 nitrogen and oxygen atoms in total. The second-order valence-electron chi connectivity index (χ2n) is 8.61. The molecule has 3 N–H and O–H groups in total. The first-order valence-corrected chi connectivity index (χ1v) is 9.35. The monoisotopic (exact) mass is 352 g/mol. The second kappa shape index (κ2) is 6.46. The summed E-state index contributed by atoms with van der Waals surface area (Å²) in [6, 6.07) is 0. The molecule has 6 atom stereocenters. The zero-order chi connectivity index (χ0) is 18.5. The summed E-state index contributed by atoms with van der Waals surface area (Å²) in [5, 5.41) is 32.3. The van der Waals surface area contributed by atoms with Crippen LogP contribution in [0.15, 0.2) is 23.8 Å². The van der Waals surface area contributed by atoms with Gasteiger partial charge in [0.05, 0.1) is 24.4 Å². The van der Waals surface area contributed by atoms with E-state index in [1.54, 1.807) is 6.92 Å². The number of epoxide rings is 1. The minimum Gasteiger partial charge on any atom is -0.389 e. The Kier molecular flexibility index (Phi) is 4.93. The molecule has 0 spiro atoms. The fourth-order valence-electron chi connectivity index (χ4n) is 4.14. The number of hydrogen-bond acceptors (Lipinski definition) is 5. The maximum absolute atomic E-state index is 11.2. The van der Waals surface area contributed by atoms with Gasteiger partial charge in [-0.15, -0.1) is 0 Å². The largest absolute Gasteiger partial charge is 0.389 e. The van der Waals surface area contributed by atoms with Crippen LogP contribution in [-0.2, 0) is 9.47 Å². The second-order valence-corrected chi connectivity index (χ2v) is 8.61. The molecule has 3 aliphatic rings. The standard InChI is InChI=1S/C20H32O5/c1-13-5-6-16-18(3,25-16)9-8-15(21)14(2)7-10-20(23)17(11-13)24-12-19(20,4)22/h11,15-17,21-23H,2,5-10,12H2,1,3-4H3/t15-,16+,17-,18-,19-,20-/m0/s1. The molecule has 25 heavy (non-hydrogen) atoms. The number of hydrogen-bond donors (Lipinski definition) is 3. The van der Waals surface area contributed by atoms with E-state index in [9.17, 15) is 15.3 Å². The Balaban J connectivity index is 1.83.